The number of amides is 4. The average Bonchev–Trinajstić information content (AvgIpc) is 3.40. The van der Waals surface area contributed by atoms with Gasteiger partial charge in [-0.1, -0.05) is 54.4 Å². The van der Waals surface area contributed by atoms with Gasteiger partial charge in [-0.2, -0.15) is 0 Å². The van der Waals surface area contributed by atoms with Crippen LogP contribution < -0.4 is 21.7 Å². The zero-order valence-electron chi connectivity index (χ0n) is 24.0. The van der Waals surface area contributed by atoms with Gasteiger partial charge < -0.3 is 31.7 Å². The third-order valence-electron chi connectivity index (χ3n) is 8.36. The molecule has 0 radical (unpaired) electrons. The SMILES string of the molecule is CCCC(NC(=O)[C@@H]1[C@H]2CCC[C@H]2CN1C(=O)[C@@H](NC(=O)[C@@H](N)C(C)C)C(C)(C)C)C(O)C(=O)NC1CC1. The summed E-state index contributed by atoms with van der Waals surface area (Å²) in [7, 11) is 0. The van der Waals surface area contributed by atoms with Gasteiger partial charge in [-0.05, 0) is 55.3 Å². The number of likely N-dealkylation sites (tertiary alicyclic amines) is 1. The van der Waals surface area contributed by atoms with Crippen molar-refractivity contribution in [2.24, 2.45) is 28.9 Å². The van der Waals surface area contributed by atoms with Crippen LogP contribution in [0.1, 0.15) is 86.5 Å². The lowest BCUT2D eigenvalue weighted by molar-refractivity contribution is -0.145. The summed E-state index contributed by atoms with van der Waals surface area (Å²) in [5, 5.41) is 19.4. The predicted molar refractivity (Wildman–Crippen MR) is 145 cm³/mol. The smallest absolute Gasteiger partial charge is 0.251 e. The van der Waals surface area contributed by atoms with E-state index in [9.17, 15) is 24.3 Å². The zero-order valence-corrected chi connectivity index (χ0v) is 24.0. The van der Waals surface area contributed by atoms with E-state index in [1.165, 1.54) is 0 Å². The lowest BCUT2D eigenvalue weighted by Crippen LogP contribution is -2.61. The van der Waals surface area contributed by atoms with Crippen LogP contribution in [0.3, 0.4) is 0 Å². The first-order valence-electron chi connectivity index (χ1n) is 14.4. The van der Waals surface area contributed by atoms with Gasteiger partial charge in [-0.3, -0.25) is 19.2 Å². The third kappa shape index (κ3) is 7.05. The molecule has 3 aliphatic rings. The predicted octanol–water partition coefficient (Wildman–Crippen LogP) is 1.05. The number of hydrogen-bond acceptors (Lipinski definition) is 6. The molecule has 2 aliphatic carbocycles. The van der Waals surface area contributed by atoms with Crippen LogP contribution in [0, 0.1) is 23.2 Å². The minimum atomic E-state index is -1.36. The molecule has 0 bridgehead atoms. The summed E-state index contributed by atoms with van der Waals surface area (Å²) in [4.78, 5) is 54.8. The summed E-state index contributed by atoms with van der Waals surface area (Å²) in [6.07, 6.45) is 4.32. The fraction of sp³-hybridized carbons (Fsp3) is 0.857. The number of carbonyl (C=O) groups is 4. The number of aliphatic hydroxyl groups is 1. The van der Waals surface area contributed by atoms with E-state index in [-0.39, 0.29) is 41.5 Å². The van der Waals surface area contributed by atoms with Gasteiger partial charge >= 0.3 is 0 Å². The molecule has 2 unspecified atom stereocenters. The summed E-state index contributed by atoms with van der Waals surface area (Å²) < 4.78 is 0. The Morgan fingerprint density at radius 1 is 1.03 bits per heavy atom. The van der Waals surface area contributed by atoms with Gasteiger partial charge in [0, 0.05) is 12.6 Å². The molecule has 10 heteroatoms. The van der Waals surface area contributed by atoms with Crippen molar-refractivity contribution < 1.29 is 24.3 Å². The molecule has 0 aromatic rings. The van der Waals surface area contributed by atoms with Crippen LogP contribution in [-0.4, -0.2) is 76.5 Å². The summed E-state index contributed by atoms with van der Waals surface area (Å²) >= 11 is 0. The minimum absolute atomic E-state index is 0.00732. The fourth-order valence-corrected chi connectivity index (χ4v) is 5.81. The molecule has 0 spiro atoms. The minimum Gasteiger partial charge on any atom is -0.381 e. The van der Waals surface area contributed by atoms with E-state index in [1.807, 2.05) is 41.5 Å². The third-order valence-corrected chi connectivity index (χ3v) is 8.36. The second kappa shape index (κ2) is 12.3. The van der Waals surface area contributed by atoms with Crippen molar-refractivity contribution in [3.63, 3.8) is 0 Å². The van der Waals surface area contributed by atoms with Crippen molar-refractivity contribution >= 4 is 23.6 Å². The largest absolute Gasteiger partial charge is 0.381 e. The van der Waals surface area contributed by atoms with Crippen molar-refractivity contribution in [2.75, 3.05) is 6.54 Å². The van der Waals surface area contributed by atoms with Crippen LogP contribution in [0.5, 0.6) is 0 Å². The Balaban J connectivity index is 1.81. The van der Waals surface area contributed by atoms with Crippen LogP contribution >= 0.6 is 0 Å². The molecule has 1 saturated heterocycles. The Labute approximate surface area is 227 Å². The monoisotopic (exact) mass is 535 g/mol. The Kier molecular flexibility index (Phi) is 9.84. The van der Waals surface area contributed by atoms with Crippen LogP contribution in [-0.2, 0) is 19.2 Å². The molecular weight excluding hydrogens is 486 g/mol. The van der Waals surface area contributed by atoms with Gasteiger partial charge in [-0.25, -0.2) is 0 Å². The molecule has 3 fully saturated rings. The van der Waals surface area contributed by atoms with Gasteiger partial charge in [0.1, 0.15) is 12.1 Å². The number of rotatable bonds is 11. The maximum atomic E-state index is 14.0. The van der Waals surface area contributed by atoms with Crippen LogP contribution in [0.25, 0.3) is 0 Å². The van der Waals surface area contributed by atoms with Crippen molar-refractivity contribution in [1.82, 2.24) is 20.9 Å². The topological polar surface area (TPSA) is 154 Å². The zero-order chi connectivity index (χ0) is 28.4. The molecule has 6 N–H and O–H groups in total. The molecule has 3 rings (SSSR count). The molecule has 1 heterocycles. The van der Waals surface area contributed by atoms with E-state index in [2.05, 4.69) is 16.0 Å². The van der Waals surface area contributed by atoms with Crippen molar-refractivity contribution in [3.05, 3.63) is 0 Å². The molecule has 2 saturated carbocycles. The van der Waals surface area contributed by atoms with Gasteiger partial charge in [0.2, 0.25) is 17.7 Å². The highest BCUT2D eigenvalue weighted by molar-refractivity contribution is 5.94. The highest BCUT2D eigenvalue weighted by Gasteiger charge is 2.52. The lowest BCUT2D eigenvalue weighted by atomic mass is 9.85. The first-order chi connectivity index (χ1) is 17.8. The molecule has 10 nitrogen and oxygen atoms in total. The van der Waals surface area contributed by atoms with Gasteiger partial charge in [0.05, 0.1) is 12.1 Å². The maximum Gasteiger partial charge on any atom is 0.251 e. The Bertz CT molecular complexity index is 883. The van der Waals surface area contributed by atoms with E-state index < -0.39 is 41.6 Å². The van der Waals surface area contributed by atoms with E-state index >= 15 is 0 Å². The summed E-state index contributed by atoms with van der Waals surface area (Å²) in [5.74, 6) is -1.38. The quantitative estimate of drug-likeness (QED) is 0.267. The number of nitrogens with zero attached hydrogens (tertiary/aromatic N) is 1. The first kappa shape index (κ1) is 30.3. The number of aliphatic hydroxyl groups excluding tert-OH is 1. The second-order valence-corrected chi connectivity index (χ2v) is 13.0. The van der Waals surface area contributed by atoms with E-state index in [0.29, 0.717) is 19.4 Å². The molecule has 38 heavy (non-hydrogen) atoms. The molecule has 216 valence electrons. The number of carbonyl (C=O) groups excluding carboxylic acids is 4. The number of hydrogen-bond donors (Lipinski definition) is 5. The first-order valence-corrected chi connectivity index (χ1v) is 14.4. The number of nitrogens with two attached hydrogens (primary N) is 1. The Hall–Kier alpha value is -2.20. The molecular formula is C28H49N5O5. The summed E-state index contributed by atoms with van der Waals surface area (Å²) in [5.41, 5.74) is 5.46. The molecule has 0 aromatic carbocycles. The van der Waals surface area contributed by atoms with Crippen LogP contribution in [0.15, 0.2) is 0 Å². The average molecular weight is 536 g/mol. The highest BCUT2D eigenvalue weighted by Crippen LogP contribution is 2.43. The molecule has 1 aliphatic heterocycles. The fourth-order valence-electron chi connectivity index (χ4n) is 5.81. The van der Waals surface area contributed by atoms with E-state index in [1.54, 1.807) is 4.90 Å². The summed E-state index contributed by atoms with van der Waals surface area (Å²) in [6.45, 7) is 11.7. The highest BCUT2D eigenvalue weighted by atomic mass is 16.3. The molecule has 4 amide bonds. The maximum absolute atomic E-state index is 14.0. The molecule has 0 aromatic heterocycles. The van der Waals surface area contributed by atoms with Crippen molar-refractivity contribution in [3.8, 4) is 0 Å². The van der Waals surface area contributed by atoms with Crippen LogP contribution in [0.2, 0.25) is 0 Å². The Morgan fingerprint density at radius 2 is 1.68 bits per heavy atom. The van der Waals surface area contributed by atoms with Crippen LogP contribution in [0.4, 0.5) is 0 Å². The lowest BCUT2D eigenvalue weighted by Gasteiger charge is -2.37. The standard InChI is InChI=1S/C28H49N5O5/c1-7-9-19(22(34)26(37)30-17-12-13-17)31-25(36)21-18-11-8-10-16(18)14-33(21)27(38)23(28(4,5)6)32-24(35)20(29)15(2)3/h15-23,34H,7-14,29H2,1-6H3,(H,30,37)(H,31,36)(H,32,35)/t16-,18-,19?,20-,21-,22?,23+/m0/s1. The second-order valence-electron chi connectivity index (χ2n) is 13.0. The van der Waals surface area contributed by atoms with E-state index in [4.69, 9.17) is 5.73 Å². The van der Waals surface area contributed by atoms with E-state index in [0.717, 1.165) is 32.1 Å². The summed E-state index contributed by atoms with van der Waals surface area (Å²) in [6, 6.07) is -2.96. The van der Waals surface area contributed by atoms with Gasteiger partial charge in [0.25, 0.3) is 5.91 Å². The molecule has 7 atom stereocenters. The normalized spacial score (nSPS) is 26.3. The number of fused-ring (bicyclic) bond motifs is 1. The van der Waals surface area contributed by atoms with Gasteiger partial charge in [0.15, 0.2) is 6.10 Å². The van der Waals surface area contributed by atoms with Gasteiger partial charge in [-0.15, -0.1) is 0 Å². The Morgan fingerprint density at radius 3 is 2.24 bits per heavy atom. The van der Waals surface area contributed by atoms with Crippen molar-refractivity contribution in [1.29, 1.82) is 0 Å². The van der Waals surface area contributed by atoms with Crippen molar-refractivity contribution in [2.45, 2.75) is 123 Å². The number of nitrogens with one attached hydrogen (secondary N) is 3.